The summed E-state index contributed by atoms with van der Waals surface area (Å²) >= 11 is 0. The van der Waals surface area contributed by atoms with Gasteiger partial charge in [0, 0.05) is 49.7 Å². The molecule has 6 heteroatoms. The van der Waals surface area contributed by atoms with E-state index in [1.165, 1.54) is 0 Å². The Labute approximate surface area is 130 Å². The standard InChI is InChI=1S/C16H23N3O3/c1-18(2)16-11-22-10-14(16)13-9-12(3-4-15(13)17)19(5-7-20)6-8-21/h3-4,9-11,20-21H,5-8,17H2,1-2H3. The van der Waals surface area contributed by atoms with Crippen LogP contribution >= 0.6 is 0 Å². The van der Waals surface area contributed by atoms with Gasteiger partial charge in [0.05, 0.1) is 18.9 Å². The molecule has 0 spiro atoms. The number of furan rings is 1. The number of nitrogens with two attached hydrogens (primary N) is 1. The smallest absolute Gasteiger partial charge is 0.114 e. The van der Waals surface area contributed by atoms with Crippen molar-refractivity contribution >= 4 is 17.1 Å². The zero-order valence-electron chi connectivity index (χ0n) is 13.0. The highest BCUT2D eigenvalue weighted by molar-refractivity contribution is 5.86. The van der Waals surface area contributed by atoms with Crippen molar-refractivity contribution < 1.29 is 14.6 Å². The first-order valence-corrected chi connectivity index (χ1v) is 7.18. The van der Waals surface area contributed by atoms with E-state index >= 15 is 0 Å². The summed E-state index contributed by atoms with van der Waals surface area (Å²) in [4.78, 5) is 3.88. The third kappa shape index (κ3) is 3.35. The molecule has 22 heavy (non-hydrogen) atoms. The predicted molar refractivity (Wildman–Crippen MR) is 89.3 cm³/mol. The Morgan fingerprint density at radius 3 is 2.32 bits per heavy atom. The molecule has 0 saturated carbocycles. The van der Waals surface area contributed by atoms with E-state index in [0.29, 0.717) is 18.8 Å². The molecule has 6 nitrogen and oxygen atoms in total. The molecule has 0 aliphatic rings. The first-order chi connectivity index (χ1) is 10.6. The lowest BCUT2D eigenvalue weighted by molar-refractivity contribution is 0.281. The van der Waals surface area contributed by atoms with Crippen molar-refractivity contribution in [2.45, 2.75) is 0 Å². The van der Waals surface area contributed by atoms with Crippen molar-refractivity contribution in [3.8, 4) is 11.1 Å². The molecule has 120 valence electrons. The Morgan fingerprint density at radius 1 is 1.05 bits per heavy atom. The molecule has 1 aromatic carbocycles. The van der Waals surface area contributed by atoms with Crippen molar-refractivity contribution in [3.63, 3.8) is 0 Å². The SMILES string of the molecule is CN(C)c1cocc1-c1cc(N(CCO)CCO)ccc1N. The topological polar surface area (TPSA) is 86.1 Å². The normalized spacial score (nSPS) is 10.7. The fourth-order valence-electron chi connectivity index (χ4n) is 2.42. The summed E-state index contributed by atoms with van der Waals surface area (Å²) in [6.45, 7) is 0.953. The molecule has 0 aliphatic heterocycles. The monoisotopic (exact) mass is 305 g/mol. The van der Waals surface area contributed by atoms with E-state index in [0.717, 1.165) is 22.5 Å². The molecule has 0 aliphatic carbocycles. The molecule has 2 aromatic rings. The van der Waals surface area contributed by atoms with E-state index in [2.05, 4.69) is 0 Å². The predicted octanol–water partition coefficient (Wildman–Crippen LogP) is 1.39. The second kappa shape index (κ2) is 7.20. The number of rotatable bonds is 7. The number of benzene rings is 1. The highest BCUT2D eigenvalue weighted by Gasteiger charge is 2.15. The molecule has 0 amide bonds. The average molecular weight is 305 g/mol. The second-order valence-corrected chi connectivity index (χ2v) is 5.27. The van der Waals surface area contributed by atoms with Gasteiger partial charge in [-0.3, -0.25) is 0 Å². The number of nitrogen functional groups attached to an aromatic ring is 1. The number of anilines is 3. The van der Waals surface area contributed by atoms with Gasteiger partial charge in [0.1, 0.15) is 12.5 Å². The third-order valence-electron chi connectivity index (χ3n) is 3.56. The molecule has 0 bridgehead atoms. The van der Waals surface area contributed by atoms with Gasteiger partial charge in [-0.15, -0.1) is 0 Å². The van der Waals surface area contributed by atoms with Crippen LogP contribution in [0.15, 0.2) is 35.1 Å². The Morgan fingerprint density at radius 2 is 1.73 bits per heavy atom. The number of aliphatic hydroxyl groups is 2. The van der Waals surface area contributed by atoms with Crippen molar-refractivity contribution in [3.05, 3.63) is 30.7 Å². The molecule has 0 fully saturated rings. The minimum Gasteiger partial charge on any atom is -0.470 e. The fourth-order valence-corrected chi connectivity index (χ4v) is 2.42. The van der Waals surface area contributed by atoms with E-state index < -0.39 is 0 Å². The number of hydrogen-bond acceptors (Lipinski definition) is 6. The molecule has 0 radical (unpaired) electrons. The van der Waals surface area contributed by atoms with Crippen molar-refractivity contribution in [2.24, 2.45) is 0 Å². The van der Waals surface area contributed by atoms with Crippen LogP contribution in [0.3, 0.4) is 0 Å². The summed E-state index contributed by atoms with van der Waals surface area (Å²) < 4.78 is 5.32. The summed E-state index contributed by atoms with van der Waals surface area (Å²) in [6.07, 6.45) is 3.36. The van der Waals surface area contributed by atoms with Gasteiger partial charge in [0.25, 0.3) is 0 Å². The van der Waals surface area contributed by atoms with E-state index in [-0.39, 0.29) is 13.2 Å². The van der Waals surface area contributed by atoms with Gasteiger partial charge in [0.15, 0.2) is 0 Å². The minimum absolute atomic E-state index is 0.0222. The van der Waals surface area contributed by atoms with Crippen LogP contribution in [0.1, 0.15) is 0 Å². The molecule has 2 rings (SSSR count). The van der Waals surface area contributed by atoms with Crippen molar-refractivity contribution in [2.75, 3.05) is 55.9 Å². The third-order valence-corrected chi connectivity index (χ3v) is 3.56. The largest absolute Gasteiger partial charge is 0.470 e. The summed E-state index contributed by atoms with van der Waals surface area (Å²) in [5.74, 6) is 0. The van der Waals surface area contributed by atoms with E-state index in [1.54, 1.807) is 12.5 Å². The quantitative estimate of drug-likeness (QED) is 0.670. The number of aliphatic hydroxyl groups excluding tert-OH is 2. The van der Waals surface area contributed by atoms with Gasteiger partial charge >= 0.3 is 0 Å². The maximum absolute atomic E-state index is 9.18. The highest BCUT2D eigenvalue weighted by Crippen LogP contribution is 2.36. The van der Waals surface area contributed by atoms with E-state index in [4.69, 9.17) is 10.2 Å². The molecular formula is C16H23N3O3. The van der Waals surface area contributed by atoms with Crippen LogP contribution in [-0.4, -0.2) is 50.6 Å². The van der Waals surface area contributed by atoms with Gasteiger partial charge in [-0.25, -0.2) is 0 Å². The number of hydrogen-bond donors (Lipinski definition) is 3. The molecule has 0 saturated heterocycles. The Hall–Kier alpha value is -2.18. The van der Waals surface area contributed by atoms with Crippen LogP contribution in [0.4, 0.5) is 17.1 Å². The van der Waals surface area contributed by atoms with Crippen molar-refractivity contribution in [1.29, 1.82) is 0 Å². The van der Waals surface area contributed by atoms with Crippen LogP contribution < -0.4 is 15.5 Å². The maximum Gasteiger partial charge on any atom is 0.114 e. The highest BCUT2D eigenvalue weighted by atomic mass is 16.3. The van der Waals surface area contributed by atoms with Crippen molar-refractivity contribution in [1.82, 2.24) is 0 Å². The van der Waals surface area contributed by atoms with Gasteiger partial charge in [-0.2, -0.15) is 0 Å². The first kappa shape index (κ1) is 16.2. The van der Waals surface area contributed by atoms with E-state index in [9.17, 15) is 10.2 Å². The van der Waals surface area contributed by atoms with E-state index in [1.807, 2.05) is 42.1 Å². The van der Waals surface area contributed by atoms with Crippen LogP contribution in [0.5, 0.6) is 0 Å². The summed E-state index contributed by atoms with van der Waals surface area (Å²) in [5, 5.41) is 18.4. The molecule has 4 N–H and O–H groups in total. The fraction of sp³-hybridized carbons (Fsp3) is 0.375. The Bertz CT molecular complexity index is 604. The van der Waals surface area contributed by atoms with Crippen LogP contribution in [-0.2, 0) is 0 Å². The second-order valence-electron chi connectivity index (χ2n) is 5.27. The molecular weight excluding hydrogens is 282 g/mol. The Balaban J connectivity index is 2.44. The molecule has 0 atom stereocenters. The number of nitrogens with zero attached hydrogens (tertiary/aromatic N) is 2. The summed E-state index contributed by atoms with van der Waals surface area (Å²) in [6, 6.07) is 5.68. The van der Waals surface area contributed by atoms with Gasteiger partial charge < -0.3 is 30.2 Å². The average Bonchev–Trinajstić information content (AvgIpc) is 2.97. The van der Waals surface area contributed by atoms with Gasteiger partial charge in [-0.1, -0.05) is 0 Å². The van der Waals surface area contributed by atoms with Crippen LogP contribution in [0.2, 0.25) is 0 Å². The zero-order chi connectivity index (χ0) is 16.1. The zero-order valence-corrected chi connectivity index (χ0v) is 13.0. The van der Waals surface area contributed by atoms with Gasteiger partial charge in [-0.05, 0) is 18.2 Å². The molecule has 0 unspecified atom stereocenters. The molecule has 1 aromatic heterocycles. The Kier molecular flexibility index (Phi) is 5.30. The van der Waals surface area contributed by atoms with Gasteiger partial charge in [0.2, 0.25) is 0 Å². The maximum atomic E-state index is 9.18. The summed E-state index contributed by atoms with van der Waals surface area (Å²) in [7, 11) is 3.89. The lowest BCUT2D eigenvalue weighted by Gasteiger charge is -2.24. The summed E-state index contributed by atoms with van der Waals surface area (Å²) in [5.41, 5.74) is 10.4. The lowest BCUT2D eigenvalue weighted by atomic mass is 10.0. The first-order valence-electron chi connectivity index (χ1n) is 7.18. The minimum atomic E-state index is 0.0222. The van der Waals surface area contributed by atoms with Crippen LogP contribution in [0.25, 0.3) is 11.1 Å². The van der Waals surface area contributed by atoms with Crippen LogP contribution in [0, 0.1) is 0 Å². The molecule has 1 heterocycles. The lowest BCUT2D eigenvalue weighted by Crippen LogP contribution is -2.29.